The summed E-state index contributed by atoms with van der Waals surface area (Å²) in [6.45, 7) is 1.45. The van der Waals surface area contributed by atoms with Crippen LogP contribution in [0.4, 0.5) is 0 Å². The monoisotopic (exact) mass is 412 g/mol. The maximum atomic E-state index is 12.2. The van der Waals surface area contributed by atoms with E-state index in [2.05, 4.69) is 10.6 Å². The van der Waals surface area contributed by atoms with Gasteiger partial charge in [0, 0.05) is 10.4 Å². The lowest BCUT2D eigenvalue weighted by atomic mass is 10.2. The topological polar surface area (TPSA) is 59.6 Å². The van der Waals surface area contributed by atoms with E-state index in [1.54, 1.807) is 35.6 Å². The summed E-state index contributed by atoms with van der Waals surface area (Å²) >= 11 is 6.79. The Bertz CT molecular complexity index is 882. The molecule has 1 amide bonds. The first-order valence-corrected chi connectivity index (χ1v) is 10.0. The van der Waals surface area contributed by atoms with Crippen LogP contribution in [0.5, 0.6) is 11.5 Å². The molecule has 7 heteroatoms. The molecule has 144 valence electrons. The van der Waals surface area contributed by atoms with Crippen LogP contribution in [0.1, 0.15) is 15.2 Å². The van der Waals surface area contributed by atoms with E-state index in [4.69, 9.17) is 21.7 Å². The van der Waals surface area contributed by atoms with Crippen LogP contribution in [-0.4, -0.2) is 24.2 Å². The van der Waals surface area contributed by atoms with E-state index in [0.29, 0.717) is 36.2 Å². The minimum atomic E-state index is -0.261. The predicted molar refractivity (Wildman–Crippen MR) is 115 cm³/mol. The first kappa shape index (κ1) is 19.9. The Kier molecular flexibility index (Phi) is 7.40. The summed E-state index contributed by atoms with van der Waals surface area (Å²) in [7, 11) is 0. The summed E-state index contributed by atoms with van der Waals surface area (Å²) < 4.78 is 11.2. The van der Waals surface area contributed by atoms with Crippen LogP contribution in [0.15, 0.2) is 72.1 Å². The summed E-state index contributed by atoms with van der Waals surface area (Å²) in [6.07, 6.45) is 0. The molecule has 28 heavy (non-hydrogen) atoms. The van der Waals surface area contributed by atoms with E-state index >= 15 is 0 Å². The molecular formula is C21H20N2O3S2. The van der Waals surface area contributed by atoms with E-state index in [1.807, 2.05) is 47.8 Å². The fourth-order valence-corrected chi connectivity index (χ4v) is 3.15. The second kappa shape index (κ2) is 10.4. The standard InChI is InChI=1S/C21H20N2O3S2/c24-20(23-21(27)22-15-19-7-4-14-28-19)16-8-10-18(11-9-16)26-13-12-25-17-5-2-1-3-6-17/h1-11,14H,12-13,15H2,(H2,22,23,24,27). The number of carbonyl (C=O) groups is 1. The average Bonchev–Trinajstić information content (AvgIpc) is 3.25. The van der Waals surface area contributed by atoms with Gasteiger partial charge in [-0.25, -0.2) is 0 Å². The Hall–Kier alpha value is -2.90. The number of thiophene rings is 1. The van der Waals surface area contributed by atoms with Gasteiger partial charge in [-0.05, 0) is 60.1 Å². The van der Waals surface area contributed by atoms with Crippen LogP contribution >= 0.6 is 23.6 Å². The molecule has 0 radical (unpaired) electrons. The molecule has 0 aliphatic rings. The third-order valence-corrected chi connectivity index (χ3v) is 4.83. The van der Waals surface area contributed by atoms with Gasteiger partial charge in [-0.3, -0.25) is 10.1 Å². The number of benzene rings is 2. The van der Waals surface area contributed by atoms with Gasteiger partial charge in [0.1, 0.15) is 24.7 Å². The van der Waals surface area contributed by atoms with Crippen molar-refractivity contribution < 1.29 is 14.3 Å². The van der Waals surface area contributed by atoms with Crippen molar-refractivity contribution in [3.63, 3.8) is 0 Å². The van der Waals surface area contributed by atoms with Gasteiger partial charge in [-0.1, -0.05) is 24.3 Å². The number of thiocarbonyl (C=S) groups is 1. The quantitative estimate of drug-likeness (QED) is 0.432. The summed E-state index contributed by atoms with van der Waals surface area (Å²) in [5, 5.41) is 7.99. The number of hydrogen-bond donors (Lipinski definition) is 2. The highest BCUT2D eigenvalue weighted by molar-refractivity contribution is 7.80. The van der Waals surface area contributed by atoms with Crippen LogP contribution in [0, 0.1) is 0 Å². The van der Waals surface area contributed by atoms with Gasteiger partial charge >= 0.3 is 0 Å². The molecule has 0 saturated carbocycles. The van der Waals surface area contributed by atoms with Gasteiger partial charge in [-0.15, -0.1) is 11.3 Å². The van der Waals surface area contributed by atoms with Gasteiger partial charge in [-0.2, -0.15) is 0 Å². The number of amides is 1. The van der Waals surface area contributed by atoms with E-state index < -0.39 is 0 Å². The zero-order valence-electron chi connectivity index (χ0n) is 15.1. The molecule has 1 heterocycles. The Morgan fingerprint density at radius 2 is 1.57 bits per heavy atom. The maximum Gasteiger partial charge on any atom is 0.257 e. The summed E-state index contributed by atoms with van der Waals surface area (Å²) in [5.41, 5.74) is 0.508. The summed E-state index contributed by atoms with van der Waals surface area (Å²) in [6, 6.07) is 20.4. The molecule has 1 aromatic heterocycles. The molecule has 2 N–H and O–H groups in total. The third kappa shape index (κ3) is 6.37. The zero-order chi connectivity index (χ0) is 19.6. The molecule has 0 aliphatic carbocycles. The molecule has 0 saturated heterocycles. The van der Waals surface area contributed by atoms with Crippen molar-refractivity contribution in [2.24, 2.45) is 0 Å². The first-order chi connectivity index (χ1) is 13.7. The van der Waals surface area contributed by atoms with Gasteiger partial charge in [0.15, 0.2) is 5.11 Å². The highest BCUT2D eigenvalue weighted by Crippen LogP contribution is 2.13. The molecule has 5 nitrogen and oxygen atoms in total. The second-order valence-electron chi connectivity index (χ2n) is 5.75. The van der Waals surface area contributed by atoms with Crippen molar-refractivity contribution in [1.29, 1.82) is 0 Å². The number of hydrogen-bond acceptors (Lipinski definition) is 5. The van der Waals surface area contributed by atoms with Crippen LogP contribution in [0.2, 0.25) is 0 Å². The predicted octanol–water partition coefficient (Wildman–Crippen LogP) is 4.01. The largest absolute Gasteiger partial charge is 0.490 e. The minimum absolute atomic E-state index is 0.261. The molecule has 0 spiro atoms. The van der Waals surface area contributed by atoms with E-state index in [1.165, 1.54) is 0 Å². The Morgan fingerprint density at radius 1 is 0.893 bits per heavy atom. The van der Waals surface area contributed by atoms with Crippen LogP contribution < -0.4 is 20.1 Å². The van der Waals surface area contributed by atoms with E-state index in [9.17, 15) is 4.79 Å². The molecule has 0 fully saturated rings. The SMILES string of the molecule is O=C(NC(=S)NCc1cccs1)c1ccc(OCCOc2ccccc2)cc1. The average molecular weight is 413 g/mol. The number of para-hydroxylation sites is 1. The Balaban J connectivity index is 1.39. The van der Waals surface area contributed by atoms with Crippen molar-refractivity contribution in [2.75, 3.05) is 13.2 Å². The van der Waals surface area contributed by atoms with Crippen molar-refractivity contribution in [1.82, 2.24) is 10.6 Å². The molecule has 0 bridgehead atoms. The molecule has 3 rings (SSSR count). The lowest BCUT2D eigenvalue weighted by molar-refractivity contribution is 0.0976. The molecule has 2 aromatic carbocycles. The molecule has 0 atom stereocenters. The summed E-state index contributed by atoms with van der Waals surface area (Å²) in [5.74, 6) is 1.22. The first-order valence-electron chi connectivity index (χ1n) is 8.73. The Labute approximate surface area is 173 Å². The van der Waals surface area contributed by atoms with Crippen LogP contribution in [0.3, 0.4) is 0 Å². The number of rotatable bonds is 8. The highest BCUT2D eigenvalue weighted by atomic mass is 32.1. The lowest BCUT2D eigenvalue weighted by Gasteiger charge is -2.10. The van der Waals surface area contributed by atoms with Crippen LogP contribution in [0.25, 0.3) is 0 Å². The highest BCUT2D eigenvalue weighted by Gasteiger charge is 2.08. The molecule has 3 aromatic rings. The van der Waals surface area contributed by atoms with Gasteiger partial charge in [0.05, 0.1) is 6.54 Å². The zero-order valence-corrected chi connectivity index (χ0v) is 16.7. The van der Waals surface area contributed by atoms with E-state index in [-0.39, 0.29) is 5.91 Å². The van der Waals surface area contributed by atoms with Crippen LogP contribution in [-0.2, 0) is 6.54 Å². The van der Waals surface area contributed by atoms with Crippen molar-refractivity contribution in [2.45, 2.75) is 6.54 Å². The second-order valence-corrected chi connectivity index (χ2v) is 7.19. The number of nitrogens with one attached hydrogen (secondary N) is 2. The van der Waals surface area contributed by atoms with Crippen molar-refractivity contribution in [3.8, 4) is 11.5 Å². The smallest absolute Gasteiger partial charge is 0.257 e. The van der Waals surface area contributed by atoms with Crippen molar-refractivity contribution >= 4 is 34.6 Å². The van der Waals surface area contributed by atoms with Gasteiger partial charge in [0.2, 0.25) is 0 Å². The minimum Gasteiger partial charge on any atom is -0.490 e. The lowest BCUT2D eigenvalue weighted by Crippen LogP contribution is -2.38. The number of carbonyl (C=O) groups excluding carboxylic acids is 1. The Morgan fingerprint density at radius 3 is 2.21 bits per heavy atom. The molecule has 0 aliphatic heterocycles. The van der Waals surface area contributed by atoms with Crippen molar-refractivity contribution in [3.05, 3.63) is 82.6 Å². The molecular weight excluding hydrogens is 392 g/mol. The van der Waals surface area contributed by atoms with Gasteiger partial charge < -0.3 is 14.8 Å². The fourth-order valence-electron chi connectivity index (χ4n) is 2.34. The molecule has 0 unspecified atom stereocenters. The van der Waals surface area contributed by atoms with E-state index in [0.717, 1.165) is 10.6 Å². The number of ether oxygens (including phenoxy) is 2. The van der Waals surface area contributed by atoms with Gasteiger partial charge in [0.25, 0.3) is 5.91 Å². The normalized spacial score (nSPS) is 10.1. The third-order valence-electron chi connectivity index (χ3n) is 3.71. The maximum absolute atomic E-state index is 12.2. The summed E-state index contributed by atoms with van der Waals surface area (Å²) in [4.78, 5) is 13.4. The fraction of sp³-hybridized carbons (Fsp3) is 0.143.